The Morgan fingerprint density at radius 1 is 1.60 bits per heavy atom. The molecule has 0 radical (unpaired) electrons. The number of terminal acetylenes is 1. The summed E-state index contributed by atoms with van der Waals surface area (Å²) in [4.78, 5) is 0. The van der Waals surface area contributed by atoms with Gasteiger partial charge in [-0.15, -0.1) is 6.42 Å². The molecule has 0 amide bonds. The molecule has 1 aliphatic carbocycles. The molecule has 0 aliphatic heterocycles. The molecule has 1 fully saturated rings. The van der Waals surface area contributed by atoms with Crippen molar-refractivity contribution in [2.45, 2.75) is 31.5 Å². The molecule has 0 heterocycles. The Morgan fingerprint density at radius 2 is 2.40 bits per heavy atom. The second kappa shape index (κ2) is 3.60. The van der Waals surface area contributed by atoms with Crippen LogP contribution >= 0.6 is 0 Å². The lowest BCUT2D eigenvalue weighted by Crippen LogP contribution is -2.22. The van der Waals surface area contributed by atoms with E-state index in [-0.39, 0.29) is 12.2 Å². The topological polar surface area (TPSA) is 29.5 Å². The van der Waals surface area contributed by atoms with Crippen LogP contribution in [0, 0.1) is 12.3 Å². The molecular formula is C8H12O2. The zero-order valence-corrected chi connectivity index (χ0v) is 5.92. The quantitative estimate of drug-likeness (QED) is 0.567. The van der Waals surface area contributed by atoms with Gasteiger partial charge < -0.3 is 9.84 Å². The predicted molar refractivity (Wildman–Crippen MR) is 38.4 cm³/mol. The molecule has 0 aromatic rings. The van der Waals surface area contributed by atoms with E-state index in [0.29, 0.717) is 6.61 Å². The Bertz CT molecular complexity index is 137. The Labute approximate surface area is 61.2 Å². The lowest BCUT2D eigenvalue weighted by Gasteiger charge is -2.12. The lowest BCUT2D eigenvalue weighted by molar-refractivity contribution is -0.00414. The largest absolute Gasteiger partial charge is 0.390 e. The molecule has 0 spiro atoms. The van der Waals surface area contributed by atoms with Crippen LogP contribution in [0.1, 0.15) is 19.3 Å². The Morgan fingerprint density at radius 3 is 2.90 bits per heavy atom. The molecule has 1 aliphatic rings. The van der Waals surface area contributed by atoms with E-state index in [1.807, 2.05) is 0 Å². The third-order valence-electron chi connectivity index (χ3n) is 1.80. The fraction of sp³-hybridized carbons (Fsp3) is 0.750. The summed E-state index contributed by atoms with van der Waals surface area (Å²) in [6.07, 6.45) is 7.56. The van der Waals surface area contributed by atoms with E-state index in [9.17, 15) is 5.11 Å². The molecule has 0 saturated heterocycles. The SMILES string of the molecule is C#CCOC1CCCC1O. The van der Waals surface area contributed by atoms with Gasteiger partial charge in [0.25, 0.3) is 0 Å². The van der Waals surface area contributed by atoms with Gasteiger partial charge in [0.1, 0.15) is 6.61 Å². The second-order valence-corrected chi connectivity index (χ2v) is 2.55. The Kier molecular flexibility index (Phi) is 2.73. The summed E-state index contributed by atoms with van der Waals surface area (Å²) in [7, 11) is 0. The number of hydrogen-bond acceptors (Lipinski definition) is 2. The molecule has 56 valence electrons. The standard InChI is InChI=1S/C8H12O2/c1-2-6-10-8-5-3-4-7(8)9/h1,7-9H,3-6H2. The summed E-state index contributed by atoms with van der Waals surface area (Å²) < 4.78 is 5.18. The van der Waals surface area contributed by atoms with E-state index in [0.717, 1.165) is 19.3 Å². The highest BCUT2D eigenvalue weighted by atomic mass is 16.5. The van der Waals surface area contributed by atoms with Gasteiger partial charge in [-0.3, -0.25) is 0 Å². The normalized spacial score (nSPS) is 32.0. The maximum atomic E-state index is 9.22. The van der Waals surface area contributed by atoms with Crippen molar-refractivity contribution in [2.24, 2.45) is 0 Å². The minimum atomic E-state index is -0.284. The molecule has 2 atom stereocenters. The first-order chi connectivity index (χ1) is 4.84. The summed E-state index contributed by atoms with van der Waals surface area (Å²) in [5.41, 5.74) is 0. The van der Waals surface area contributed by atoms with E-state index in [1.54, 1.807) is 0 Å². The van der Waals surface area contributed by atoms with Crippen molar-refractivity contribution in [3.8, 4) is 12.3 Å². The average molecular weight is 140 g/mol. The number of aliphatic hydroxyl groups excluding tert-OH is 1. The van der Waals surface area contributed by atoms with Gasteiger partial charge in [0.05, 0.1) is 12.2 Å². The second-order valence-electron chi connectivity index (χ2n) is 2.55. The molecule has 10 heavy (non-hydrogen) atoms. The zero-order valence-electron chi connectivity index (χ0n) is 5.92. The van der Waals surface area contributed by atoms with Crippen molar-refractivity contribution in [3.05, 3.63) is 0 Å². The third-order valence-corrected chi connectivity index (χ3v) is 1.80. The van der Waals surface area contributed by atoms with Crippen LogP contribution in [0.15, 0.2) is 0 Å². The fourth-order valence-corrected chi connectivity index (χ4v) is 1.26. The number of aliphatic hydroxyl groups is 1. The van der Waals surface area contributed by atoms with Crippen LogP contribution < -0.4 is 0 Å². The highest BCUT2D eigenvalue weighted by Crippen LogP contribution is 2.21. The van der Waals surface area contributed by atoms with Crippen LogP contribution in [0.5, 0.6) is 0 Å². The maximum Gasteiger partial charge on any atom is 0.107 e. The van der Waals surface area contributed by atoms with Crippen LogP contribution in [-0.4, -0.2) is 23.9 Å². The Balaban J connectivity index is 2.21. The van der Waals surface area contributed by atoms with E-state index >= 15 is 0 Å². The predicted octanol–water partition coefficient (Wildman–Crippen LogP) is 0.550. The fourth-order valence-electron chi connectivity index (χ4n) is 1.26. The maximum absolute atomic E-state index is 9.22. The third kappa shape index (κ3) is 1.73. The molecule has 2 unspecified atom stereocenters. The van der Waals surface area contributed by atoms with Crippen molar-refractivity contribution in [2.75, 3.05) is 6.61 Å². The van der Waals surface area contributed by atoms with Crippen molar-refractivity contribution in [3.63, 3.8) is 0 Å². The van der Waals surface area contributed by atoms with Crippen molar-refractivity contribution in [1.29, 1.82) is 0 Å². The minimum Gasteiger partial charge on any atom is -0.390 e. The van der Waals surface area contributed by atoms with Gasteiger partial charge in [-0.2, -0.15) is 0 Å². The average Bonchev–Trinajstić information content (AvgIpc) is 2.31. The van der Waals surface area contributed by atoms with E-state index in [2.05, 4.69) is 5.92 Å². The van der Waals surface area contributed by atoms with Gasteiger partial charge >= 0.3 is 0 Å². The van der Waals surface area contributed by atoms with Gasteiger partial charge in [0.2, 0.25) is 0 Å². The van der Waals surface area contributed by atoms with E-state index in [4.69, 9.17) is 11.2 Å². The summed E-state index contributed by atoms with van der Waals surface area (Å²) in [6, 6.07) is 0. The van der Waals surface area contributed by atoms with Crippen molar-refractivity contribution >= 4 is 0 Å². The summed E-state index contributed by atoms with van der Waals surface area (Å²) in [5, 5.41) is 9.22. The van der Waals surface area contributed by atoms with Gasteiger partial charge in [0, 0.05) is 0 Å². The van der Waals surface area contributed by atoms with Crippen LogP contribution in [0.3, 0.4) is 0 Å². The van der Waals surface area contributed by atoms with Crippen LogP contribution in [0.2, 0.25) is 0 Å². The van der Waals surface area contributed by atoms with Gasteiger partial charge in [0.15, 0.2) is 0 Å². The van der Waals surface area contributed by atoms with Crippen molar-refractivity contribution in [1.82, 2.24) is 0 Å². The highest BCUT2D eigenvalue weighted by Gasteiger charge is 2.25. The number of hydrogen-bond donors (Lipinski definition) is 1. The molecule has 1 saturated carbocycles. The lowest BCUT2D eigenvalue weighted by atomic mass is 10.3. The molecular weight excluding hydrogens is 128 g/mol. The Hall–Kier alpha value is -0.520. The highest BCUT2D eigenvalue weighted by molar-refractivity contribution is 4.85. The van der Waals surface area contributed by atoms with Crippen LogP contribution in [-0.2, 0) is 4.74 Å². The van der Waals surface area contributed by atoms with Gasteiger partial charge in [-0.1, -0.05) is 5.92 Å². The first kappa shape index (κ1) is 7.59. The van der Waals surface area contributed by atoms with Gasteiger partial charge in [-0.25, -0.2) is 0 Å². The number of rotatable bonds is 2. The summed E-state index contributed by atoms with van der Waals surface area (Å²) >= 11 is 0. The minimum absolute atomic E-state index is 0.00366. The van der Waals surface area contributed by atoms with Crippen LogP contribution in [0.25, 0.3) is 0 Å². The van der Waals surface area contributed by atoms with Crippen LogP contribution in [0.4, 0.5) is 0 Å². The number of ether oxygens (including phenoxy) is 1. The molecule has 0 aromatic carbocycles. The van der Waals surface area contributed by atoms with E-state index < -0.39 is 0 Å². The first-order valence-electron chi connectivity index (χ1n) is 3.57. The molecule has 0 aromatic heterocycles. The molecule has 1 N–H and O–H groups in total. The monoisotopic (exact) mass is 140 g/mol. The molecule has 0 bridgehead atoms. The van der Waals surface area contributed by atoms with E-state index in [1.165, 1.54) is 0 Å². The zero-order chi connectivity index (χ0) is 7.40. The summed E-state index contributed by atoms with van der Waals surface area (Å²) in [6.45, 7) is 0.321. The molecule has 1 rings (SSSR count). The summed E-state index contributed by atoms with van der Waals surface area (Å²) in [5.74, 6) is 2.38. The molecule has 2 nitrogen and oxygen atoms in total. The van der Waals surface area contributed by atoms with Crippen molar-refractivity contribution < 1.29 is 9.84 Å². The first-order valence-corrected chi connectivity index (χ1v) is 3.57. The smallest absolute Gasteiger partial charge is 0.107 e. The van der Waals surface area contributed by atoms with Gasteiger partial charge in [-0.05, 0) is 19.3 Å². The molecule has 2 heteroatoms.